The highest BCUT2D eigenvalue weighted by molar-refractivity contribution is 6.25. The molecule has 7 heteroatoms. The largest absolute Gasteiger partial charge is 0.478 e. The molecule has 1 aromatic rings. The molecule has 1 saturated carbocycles. The number of piperidine rings is 1. The number of carbonyl (C=O) groups is 3. The van der Waals surface area contributed by atoms with Gasteiger partial charge in [0.15, 0.2) is 0 Å². The standard InChI is InChI=1S/C12H7F2NO4/c13-7-3-8(14)9(2-6(7)12(18)19)15-10(16)4-1-5(4)11(15)17/h2-5H,1H2,(H,18,19). The van der Waals surface area contributed by atoms with E-state index in [0.29, 0.717) is 23.5 Å². The molecule has 1 aliphatic heterocycles. The number of nitrogens with zero attached hydrogens (tertiary/aromatic N) is 1. The van der Waals surface area contributed by atoms with Gasteiger partial charge in [-0.05, 0) is 12.5 Å². The van der Waals surface area contributed by atoms with Crippen molar-refractivity contribution < 1.29 is 28.3 Å². The van der Waals surface area contributed by atoms with Gasteiger partial charge in [0.05, 0.1) is 23.1 Å². The number of halogens is 2. The van der Waals surface area contributed by atoms with Crippen molar-refractivity contribution in [1.82, 2.24) is 0 Å². The fraction of sp³-hybridized carbons (Fsp3) is 0.250. The lowest BCUT2D eigenvalue weighted by molar-refractivity contribution is -0.123. The van der Waals surface area contributed by atoms with Crippen LogP contribution in [0.5, 0.6) is 0 Å². The van der Waals surface area contributed by atoms with Crippen molar-refractivity contribution in [2.75, 3.05) is 4.90 Å². The number of rotatable bonds is 2. The summed E-state index contributed by atoms with van der Waals surface area (Å²) in [5, 5.41) is 8.77. The van der Waals surface area contributed by atoms with Crippen molar-refractivity contribution in [1.29, 1.82) is 0 Å². The number of carboxylic acids is 1. The Balaban J connectivity index is 2.10. The van der Waals surface area contributed by atoms with Crippen LogP contribution in [0.2, 0.25) is 0 Å². The van der Waals surface area contributed by atoms with E-state index >= 15 is 0 Å². The van der Waals surface area contributed by atoms with Gasteiger partial charge in [0, 0.05) is 6.07 Å². The number of benzene rings is 1. The number of anilines is 1. The van der Waals surface area contributed by atoms with Crippen LogP contribution in [0, 0.1) is 23.5 Å². The van der Waals surface area contributed by atoms with Crippen molar-refractivity contribution in [3.63, 3.8) is 0 Å². The summed E-state index contributed by atoms with van der Waals surface area (Å²) >= 11 is 0. The van der Waals surface area contributed by atoms with Gasteiger partial charge in [-0.25, -0.2) is 18.5 Å². The Morgan fingerprint density at radius 1 is 1.16 bits per heavy atom. The van der Waals surface area contributed by atoms with E-state index in [2.05, 4.69) is 0 Å². The monoisotopic (exact) mass is 267 g/mol. The molecule has 2 amide bonds. The van der Waals surface area contributed by atoms with E-state index < -0.39 is 52.5 Å². The highest BCUT2D eigenvalue weighted by atomic mass is 19.1. The van der Waals surface area contributed by atoms with Crippen LogP contribution in [-0.4, -0.2) is 22.9 Å². The molecule has 2 aliphatic rings. The van der Waals surface area contributed by atoms with Gasteiger partial charge in [0.2, 0.25) is 11.8 Å². The Labute approximate surface area is 105 Å². The van der Waals surface area contributed by atoms with Gasteiger partial charge in [0.1, 0.15) is 11.6 Å². The highest BCUT2D eigenvalue weighted by Gasteiger charge is 2.59. The van der Waals surface area contributed by atoms with Gasteiger partial charge < -0.3 is 5.11 Å². The van der Waals surface area contributed by atoms with Crippen LogP contribution < -0.4 is 4.90 Å². The smallest absolute Gasteiger partial charge is 0.338 e. The number of carboxylic acid groups (broad SMARTS) is 1. The van der Waals surface area contributed by atoms with Gasteiger partial charge in [-0.3, -0.25) is 9.59 Å². The molecule has 2 fully saturated rings. The van der Waals surface area contributed by atoms with E-state index in [1.165, 1.54) is 0 Å². The molecule has 0 radical (unpaired) electrons. The van der Waals surface area contributed by atoms with Gasteiger partial charge in [-0.15, -0.1) is 0 Å². The molecule has 19 heavy (non-hydrogen) atoms. The number of carbonyl (C=O) groups excluding carboxylic acids is 2. The number of amides is 2. The van der Waals surface area contributed by atoms with Crippen molar-refractivity contribution in [2.45, 2.75) is 6.42 Å². The third-order valence-corrected chi connectivity index (χ3v) is 3.37. The first-order valence-corrected chi connectivity index (χ1v) is 5.52. The van der Waals surface area contributed by atoms with E-state index in [-0.39, 0.29) is 0 Å². The SMILES string of the molecule is O=C(O)c1cc(N2C(=O)C3CC3C2=O)c(F)cc1F. The second-order valence-corrected chi connectivity index (χ2v) is 4.55. The molecular weight excluding hydrogens is 260 g/mol. The van der Waals surface area contributed by atoms with Crippen LogP contribution >= 0.6 is 0 Å². The maximum Gasteiger partial charge on any atom is 0.338 e. The van der Waals surface area contributed by atoms with E-state index in [0.717, 1.165) is 0 Å². The number of aromatic carboxylic acids is 1. The zero-order valence-electron chi connectivity index (χ0n) is 9.39. The van der Waals surface area contributed by atoms with E-state index in [1.807, 2.05) is 0 Å². The Morgan fingerprint density at radius 3 is 2.26 bits per heavy atom. The van der Waals surface area contributed by atoms with E-state index in [1.54, 1.807) is 0 Å². The van der Waals surface area contributed by atoms with Crippen LogP contribution in [0.4, 0.5) is 14.5 Å². The fourth-order valence-electron chi connectivity index (χ4n) is 2.29. The first-order chi connectivity index (χ1) is 8.91. The van der Waals surface area contributed by atoms with Crippen LogP contribution in [0.1, 0.15) is 16.8 Å². The van der Waals surface area contributed by atoms with Gasteiger partial charge in [0.25, 0.3) is 0 Å². The van der Waals surface area contributed by atoms with Crippen LogP contribution in [0.3, 0.4) is 0 Å². The first kappa shape index (κ1) is 11.8. The summed E-state index contributed by atoms with van der Waals surface area (Å²) in [6.07, 6.45) is 0.447. The molecule has 0 aromatic heterocycles. The molecule has 1 saturated heterocycles. The first-order valence-electron chi connectivity index (χ1n) is 5.52. The molecule has 3 rings (SSSR count). The Bertz CT molecular complexity index is 623. The lowest BCUT2D eigenvalue weighted by atomic mass is 10.1. The molecule has 2 atom stereocenters. The van der Waals surface area contributed by atoms with Gasteiger partial charge in [-0.1, -0.05) is 0 Å². The number of hydrogen-bond acceptors (Lipinski definition) is 3. The average Bonchev–Trinajstić information content (AvgIpc) is 3.06. The molecule has 0 bridgehead atoms. The Morgan fingerprint density at radius 2 is 1.74 bits per heavy atom. The van der Waals surface area contributed by atoms with E-state index in [4.69, 9.17) is 5.11 Å². The van der Waals surface area contributed by atoms with Crippen LogP contribution in [0.25, 0.3) is 0 Å². The van der Waals surface area contributed by atoms with Crippen molar-refractivity contribution in [2.24, 2.45) is 11.8 Å². The minimum atomic E-state index is -1.59. The lowest BCUT2D eigenvalue weighted by Crippen LogP contribution is -2.33. The van der Waals surface area contributed by atoms with Crippen molar-refractivity contribution in [3.05, 3.63) is 29.3 Å². The Hall–Kier alpha value is -2.31. The van der Waals surface area contributed by atoms with E-state index in [9.17, 15) is 23.2 Å². The minimum Gasteiger partial charge on any atom is -0.478 e. The molecule has 1 heterocycles. The number of imide groups is 1. The third-order valence-electron chi connectivity index (χ3n) is 3.37. The zero-order chi connectivity index (χ0) is 13.9. The molecule has 2 unspecified atom stereocenters. The summed E-state index contributed by atoms with van der Waals surface area (Å²) in [5.41, 5.74) is -1.28. The normalized spacial score (nSPS) is 24.6. The predicted molar refractivity (Wildman–Crippen MR) is 57.4 cm³/mol. The van der Waals surface area contributed by atoms with Crippen LogP contribution in [-0.2, 0) is 9.59 Å². The second-order valence-electron chi connectivity index (χ2n) is 4.55. The maximum atomic E-state index is 13.7. The number of hydrogen-bond donors (Lipinski definition) is 1. The quantitative estimate of drug-likeness (QED) is 0.816. The lowest BCUT2D eigenvalue weighted by Gasteiger charge is -2.17. The fourth-order valence-corrected chi connectivity index (χ4v) is 2.29. The van der Waals surface area contributed by atoms with Crippen LogP contribution in [0.15, 0.2) is 12.1 Å². The minimum absolute atomic E-state index is 0.364. The molecule has 5 nitrogen and oxygen atoms in total. The molecular formula is C12H7F2NO4. The molecule has 98 valence electrons. The van der Waals surface area contributed by atoms with Gasteiger partial charge >= 0.3 is 5.97 Å². The predicted octanol–water partition coefficient (Wildman–Crippen LogP) is 1.17. The third kappa shape index (κ3) is 1.54. The van der Waals surface area contributed by atoms with Crippen molar-refractivity contribution >= 4 is 23.5 Å². The summed E-state index contributed by atoms with van der Waals surface area (Å²) < 4.78 is 26.9. The summed E-state index contributed by atoms with van der Waals surface area (Å²) in [4.78, 5) is 34.9. The zero-order valence-corrected chi connectivity index (χ0v) is 9.39. The second kappa shape index (κ2) is 3.59. The topological polar surface area (TPSA) is 74.7 Å². The molecule has 1 aliphatic carbocycles. The van der Waals surface area contributed by atoms with Gasteiger partial charge in [-0.2, -0.15) is 0 Å². The van der Waals surface area contributed by atoms with Crippen molar-refractivity contribution in [3.8, 4) is 0 Å². The maximum absolute atomic E-state index is 13.7. The summed E-state index contributed by atoms with van der Waals surface area (Å²) in [6.45, 7) is 0. The molecule has 1 aromatic carbocycles. The summed E-state index contributed by atoms with van der Waals surface area (Å²) in [5.74, 6) is -5.98. The summed E-state index contributed by atoms with van der Waals surface area (Å²) in [7, 11) is 0. The molecule has 0 spiro atoms. The average molecular weight is 267 g/mol. The highest BCUT2D eigenvalue weighted by Crippen LogP contribution is 2.48. The Kier molecular flexibility index (Phi) is 2.23. The number of fused-ring (bicyclic) bond motifs is 1. The molecule has 1 N–H and O–H groups in total. The summed E-state index contributed by atoms with van der Waals surface area (Å²) in [6, 6.07) is 1.04.